The molecule has 0 aliphatic carbocycles. The van der Waals surface area contributed by atoms with Crippen LogP contribution in [0.2, 0.25) is 0 Å². The van der Waals surface area contributed by atoms with Gasteiger partial charge in [-0.05, 0) is 19.4 Å². The number of aliphatic hydroxyl groups is 1. The summed E-state index contributed by atoms with van der Waals surface area (Å²) in [6.45, 7) is 2.76. The van der Waals surface area contributed by atoms with Crippen LogP contribution >= 0.6 is 0 Å². The minimum Gasteiger partial charge on any atom is -0.469 e. The fraction of sp³-hybridized carbons (Fsp3) is 0.929. The Balaban J connectivity index is 2.31. The maximum atomic E-state index is 11.4. The molecule has 0 aromatic rings. The number of piperidine rings is 1. The molecule has 1 N–H and O–H groups in total. The zero-order valence-corrected chi connectivity index (χ0v) is 12.5. The Hall–Kier alpha value is -0.690. The van der Waals surface area contributed by atoms with Gasteiger partial charge in [-0.3, -0.25) is 9.69 Å². The van der Waals surface area contributed by atoms with Crippen LogP contribution in [0, 0.1) is 0 Å². The Morgan fingerprint density at radius 2 is 2.15 bits per heavy atom. The molecular formula is C14H27NO5. The highest BCUT2D eigenvalue weighted by molar-refractivity contribution is 5.69. The predicted octanol–water partition coefficient (Wildman–Crippen LogP) is 0.428. The second kappa shape index (κ2) is 10.1. The highest BCUT2D eigenvalue weighted by Gasteiger charge is 2.26. The highest BCUT2D eigenvalue weighted by atomic mass is 16.5. The van der Waals surface area contributed by atoms with Crippen molar-refractivity contribution in [3.05, 3.63) is 0 Å². The van der Waals surface area contributed by atoms with Crippen molar-refractivity contribution in [2.45, 2.75) is 37.8 Å². The summed E-state index contributed by atoms with van der Waals surface area (Å²) in [5.41, 5.74) is 0. The third-order valence-electron chi connectivity index (χ3n) is 3.57. The first-order valence-electron chi connectivity index (χ1n) is 7.23. The van der Waals surface area contributed by atoms with Crippen molar-refractivity contribution >= 4 is 5.97 Å². The molecule has 1 rings (SSSR count). The summed E-state index contributed by atoms with van der Waals surface area (Å²) < 4.78 is 14.9. The van der Waals surface area contributed by atoms with Crippen molar-refractivity contribution in [3.8, 4) is 0 Å². The summed E-state index contributed by atoms with van der Waals surface area (Å²) >= 11 is 0. The summed E-state index contributed by atoms with van der Waals surface area (Å²) in [7, 11) is 3.03. The van der Waals surface area contributed by atoms with Gasteiger partial charge in [0.1, 0.15) is 0 Å². The maximum absolute atomic E-state index is 11.4. The van der Waals surface area contributed by atoms with Crippen molar-refractivity contribution in [2.75, 3.05) is 47.1 Å². The number of carbonyl (C=O) groups excluding carboxylic acids is 1. The van der Waals surface area contributed by atoms with Crippen LogP contribution in [0.1, 0.15) is 25.7 Å². The Bertz CT molecular complexity index is 274. The fourth-order valence-electron chi connectivity index (χ4n) is 2.49. The third-order valence-corrected chi connectivity index (χ3v) is 3.57. The van der Waals surface area contributed by atoms with Gasteiger partial charge in [0.05, 0.1) is 39.5 Å². The lowest BCUT2D eigenvalue weighted by atomic mass is 9.99. The van der Waals surface area contributed by atoms with E-state index in [9.17, 15) is 9.90 Å². The number of carbonyl (C=O) groups is 1. The summed E-state index contributed by atoms with van der Waals surface area (Å²) in [5.74, 6) is -0.187. The van der Waals surface area contributed by atoms with Gasteiger partial charge in [0, 0.05) is 19.7 Å². The van der Waals surface area contributed by atoms with Gasteiger partial charge in [0.2, 0.25) is 0 Å². The smallest absolute Gasteiger partial charge is 0.307 e. The largest absolute Gasteiger partial charge is 0.469 e. The number of nitrogens with zero attached hydrogens (tertiary/aromatic N) is 1. The van der Waals surface area contributed by atoms with E-state index in [2.05, 4.69) is 4.90 Å². The van der Waals surface area contributed by atoms with Crippen LogP contribution < -0.4 is 0 Å². The molecule has 0 aromatic heterocycles. The number of β-amino-alcohol motifs (C(OH)–C–C–N with tert-alkyl or cyclic N) is 1. The van der Waals surface area contributed by atoms with E-state index < -0.39 is 6.10 Å². The summed E-state index contributed by atoms with van der Waals surface area (Å²) in [6.07, 6.45) is 3.07. The van der Waals surface area contributed by atoms with Crippen LogP contribution in [0.15, 0.2) is 0 Å². The minimum atomic E-state index is -0.537. The first kappa shape index (κ1) is 17.4. The molecule has 118 valence electrons. The van der Waals surface area contributed by atoms with E-state index in [0.29, 0.717) is 32.8 Å². The second-order valence-corrected chi connectivity index (χ2v) is 5.15. The van der Waals surface area contributed by atoms with Crippen molar-refractivity contribution < 1.29 is 24.1 Å². The number of hydrogen-bond acceptors (Lipinski definition) is 6. The number of aliphatic hydroxyl groups excluding tert-OH is 1. The Morgan fingerprint density at radius 1 is 1.35 bits per heavy atom. The molecule has 1 aliphatic rings. The number of hydrogen-bond donors (Lipinski definition) is 1. The number of methoxy groups -OCH3 is 2. The van der Waals surface area contributed by atoms with Crippen LogP contribution in [0.5, 0.6) is 0 Å². The van der Waals surface area contributed by atoms with Crippen LogP contribution in [0.25, 0.3) is 0 Å². The number of ether oxygens (including phenoxy) is 3. The molecule has 0 saturated carbocycles. The lowest BCUT2D eigenvalue weighted by Gasteiger charge is -2.36. The van der Waals surface area contributed by atoms with E-state index in [0.717, 1.165) is 25.8 Å². The van der Waals surface area contributed by atoms with Gasteiger partial charge in [-0.25, -0.2) is 0 Å². The van der Waals surface area contributed by atoms with E-state index in [1.165, 1.54) is 7.11 Å². The van der Waals surface area contributed by atoms with Crippen molar-refractivity contribution in [1.82, 2.24) is 4.90 Å². The number of rotatable bonds is 9. The standard InChI is InChI=1S/C14H27NO5/c1-18-7-8-20-11-13(16)10-15-6-4-3-5-12(15)9-14(17)19-2/h12-13,16H,3-11H2,1-2H3. The van der Waals surface area contributed by atoms with Crippen LogP contribution in [0.4, 0.5) is 0 Å². The predicted molar refractivity (Wildman–Crippen MR) is 74.5 cm³/mol. The topological polar surface area (TPSA) is 68.2 Å². The molecule has 0 bridgehead atoms. The molecule has 0 amide bonds. The quantitative estimate of drug-likeness (QED) is 0.490. The normalized spacial score (nSPS) is 21.6. The summed E-state index contributed by atoms with van der Waals surface area (Å²) in [6, 6.07) is 0.171. The fourth-order valence-corrected chi connectivity index (χ4v) is 2.49. The maximum Gasteiger partial charge on any atom is 0.307 e. The molecule has 1 aliphatic heterocycles. The SMILES string of the molecule is COCCOCC(O)CN1CCCCC1CC(=O)OC. The molecule has 1 saturated heterocycles. The zero-order chi connectivity index (χ0) is 14.8. The molecule has 2 atom stereocenters. The second-order valence-electron chi connectivity index (χ2n) is 5.15. The van der Waals surface area contributed by atoms with Crippen LogP contribution in [-0.2, 0) is 19.0 Å². The van der Waals surface area contributed by atoms with Crippen molar-refractivity contribution in [1.29, 1.82) is 0 Å². The van der Waals surface area contributed by atoms with Gasteiger partial charge in [0.25, 0.3) is 0 Å². The minimum absolute atomic E-state index is 0.171. The highest BCUT2D eigenvalue weighted by Crippen LogP contribution is 2.20. The van der Waals surface area contributed by atoms with E-state index in [1.807, 2.05) is 0 Å². The summed E-state index contributed by atoms with van der Waals surface area (Å²) in [4.78, 5) is 13.6. The molecule has 1 fully saturated rings. The van der Waals surface area contributed by atoms with Gasteiger partial charge in [0.15, 0.2) is 0 Å². The molecule has 1 heterocycles. The van der Waals surface area contributed by atoms with E-state index in [1.54, 1.807) is 7.11 Å². The monoisotopic (exact) mass is 289 g/mol. The lowest BCUT2D eigenvalue weighted by molar-refractivity contribution is -0.142. The molecule has 20 heavy (non-hydrogen) atoms. The van der Waals surface area contributed by atoms with Crippen molar-refractivity contribution in [3.63, 3.8) is 0 Å². The Morgan fingerprint density at radius 3 is 2.85 bits per heavy atom. The van der Waals surface area contributed by atoms with Crippen LogP contribution in [-0.4, -0.2) is 75.3 Å². The van der Waals surface area contributed by atoms with E-state index >= 15 is 0 Å². The third kappa shape index (κ3) is 6.65. The van der Waals surface area contributed by atoms with Gasteiger partial charge < -0.3 is 19.3 Å². The van der Waals surface area contributed by atoms with Gasteiger partial charge >= 0.3 is 5.97 Å². The molecule has 6 heteroatoms. The first-order valence-corrected chi connectivity index (χ1v) is 7.23. The first-order chi connectivity index (χ1) is 9.67. The van der Waals surface area contributed by atoms with Crippen LogP contribution in [0.3, 0.4) is 0 Å². The average molecular weight is 289 g/mol. The number of likely N-dealkylation sites (tertiary alicyclic amines) is 1. The van der Waals surface area contributed by atoms with Crippen molar-refractivity contribution in [2.24, 2.45) is 0 Å². The Kier molecular flexibility index (Phi) is 8.77. The molecule has 0 aromatic carbocycles. The average Bonchev–Trinajstić information content (AvgIpc) is 2.45. The molecule has 6 nitrogen and oxygen atoms in total. The van der Waals surface area contributed by atoms with Gasteiger partial charge in [-0.15, -0.1) is 0 Å². The van der Waals surface area contributed by atoms with E-state index in [-0.39, 0.29) is 12.0 Å². The number of esters is 1. The van der Waals surface area contributed by atoms with Gasteiger partial charge in [-0.2, -0.15) is 0 Å². The zero-order valence-electron chi connectivity index (χ0n) is 12.5. The summed E-state index contributed by atoms with van der Waals surface area (Å²) in [5, 5.41) is 9.99. The molecular weight excluding hydrogens is 262 g/mol. The van der Waals surface area contributed by atoms with Gasteiger partial charge in [-0.1, -0.05) is 6.42 Å². The molecule has 0 radical (unpaired) electrons. The van der Waals surface area contributed by atoms with E-state index in [4.69, 9.17) is 14.2 Å². The lowest BCUT2D eigenvalue weighted by Crippen LogP contribution is -2.45. The molecule has 0 spiro atoms. The molecule has 2 unspecified atom stereocenters. The Labute approximate surface area is 121 Å².